The zero-order valence-corrected chi connectivity index (χ0v) is 7.81. The lowest BCUT2D eigenvalue weighted by Crippen LogP contribution is -1.94. The highest BCUT2D eigenvalue weighted by atomic mass is 32.1. The maximum atomic E-state index is 12.4. The Morgan fingerprint density at radius 2 is 2.07 bits per heavy atom. The predicted molar refractivity (Wildman–Crippen MR) is 52.9 cm³/mol. The smallest absolute Gasteiger partial charge is 0.265 e. The van der Waals surface area contributed by atoms with Gasteiger partial charge in [-0.2, -0.15) is 0 Å². The highest BCUT2D eigenvalue weighted by molar-refractivity contribution is 7.20. The number of hydrogen-bond acceptors (Lipinski definition) is 3. The minimum absolute atomic E-state index is 0.0500. The van der Waals surface area contributed by atoms with Crippen LogP contribution in [0.2, 0.25) is 0 Å². The number of aromatic hydroxyl groups is 1. The van der Waals surface area contributed by atoms with Crippen molar-refractivity contribution in [3.05, 3.63) is 23.8 Å². The number of fused-ring (bicyclic) bond motifs is 1. The first-order valence-corrected chi connectivity index (χ1v) is 4.70. The fourth-order valence-electron chi connectivity index (χ4n) is 1.33. The molecule has 2 aromatic rings. The van der Waals surface area contributed by atoms with E-state index < -0.39 is 6.43 Å². The summed E-state index contributed by atoms with van der Waals surface area (Å²) in [5.41, 5.74) is 5.41. The van der Waals surface area contributed by atoms with Gasteiger partial charge in [-0.25, -0.2) is 8.78 Å². The summed E-state index contributed by atoms with van der Waals surface area (Å²) in [6.45, 7) is 0. The molecule has 14 heavy (non-hydrogen) atoms. The quantitative estimate of drug-likeness (QED) is 0.718. The van der Waals surface area contributed by atoms with Crippen LogP contribution in [0.1, 0.15) is 12.0 Å². The van der Waals surface area contributed by atoms with Crippen molar-refractivity contribution >= 4 is 27.1 Å². The Morgan fingerprint density at radius 1 is 1.36 bits per heavy atom. The summed E-state index contributed by atoms with van der Waals surface area (Å²) in [7, 11) is 0. The minimum Gasteiger partial charge on any atom is -0.499 e. The van der Waals surface area contributed by atoms with Gasteiger partial charge >= 0.3 is 0 Å². The van der Waals surface area contributed by atoms with Gasteiger partial charge in [0, 0.05) is 27.4 Å². The first-order chi connectivity index (χ1) is 6.59. The van der Waals surface area contributed by atoms with Crippen LogP contribution in [0.3, 0.4) is 0 Å². The average molecular weight is 215 g/mol. The summed E-state index contributed by atoms with van der Waals surface area (Å²) in [4.78, 5) is 0. The summed E-state index contributed by atoms with van der Waals surface area (Å²) in [6, 6.07) is 4.23. The van der Waals surface area contributed by atoms with Crippen molar-refractivity contribution in [3.63, 3.8) is 0 Å². The lowest BCUT2D eigenvalue weighted by Gasteiger charge is -2.04. The molecule has 0 bridgehead atoms. The van der Waals surface area contributed by atoms with E-state index in [1.54, 1.807) is 0 Å². The molecule has 0 atom stereocenters. The Morgan fingerprint density at radius 3 is 2.71 bits per heavy atom. The summed E-state index contributed by atoms with van der Waals surface area (Å²) in [5, 5.41) is 9.76. The van der Waals surface area contributed by atoms with Crippen molar-refractivity contribution in [2.45, 2.75) is 6.43 Å². The molecule has 0 aliphatic rings. The first-order valence-electron chi connectivity index (χ1n) is 3.88. The summed E-state index contributed by atoms with van der Waals surface area (Å²) in [5.74, 6) is 0. The van der Waals surface area contributed by atoms with Crippen molar-refractivity contribution in [1.29, 1.82) is 0 Å². The number of nitrogen functional groups attached to an aromatic ring is 1. The van der Waals surface area contributed by atoms with Crippen LogP contribution in [0.5, 0.6) is 5.06 Å². The van der Waals surface area contributed by atoms with E-state index in [-0.39, 0.29) is 16.3 Å². The molecule has 0 amide bonds. The van der Waals surface area contributed by atoms with Gasteiger partial charge in [-0.1, -0.05) is 11.3 Å². The summed E-state index contributed by atoms with van der Waals surface area (Å²) in [6.07, 6.45) is -2.58. The zero-order valence-electron chi connectivity index (χ0n) is 7.00. The Labute approximate surface area is 82.6 Å². The van der Waals surface area contributed by atoms with Crippen LogP contribution in [-0.2, 0) is 0 Å². The van der Waals surface area contributed by atoms with Crippen molar-refractivity contribution in [1.82, 2.24) is 0 Å². The van der Waals surface area contributed by atoms with E-state index in [4.69, 9.17) is 5.73 Å². The molecule has 0 aliphatic carbocycles. The minimum atomic E-state index is -2.58. The molecule has 3 N–H and O–H groups in total. The third-order valence-corrected chi connectivity index (χ3v) is 2.90. The molecule has 74 valence electrons. The lowest BCUT2D eigenvalue weighted by atomic mass is 10.1. The van der Waals surface area contributed by atoms with Crippen molar-refractivity contribution < 1.29 is 13.9 Å². The van der Waals surface area contributed by atoms with Crippen molar-refractivity contribution in [3.8, 4) is 5.06 Å². The highest BCUT2D eigenvalue weighted by Crippen LogP contribution is 2.38. The van der Waals surface area contributed by atoms with Gasteiger partial charge in [0.2, 0.25) is 0 Å². The normalized spacial score (nSPS) is 11.4. The summed E-state index contributed by atoms with van der Waals surface area (Å²) < 4.78 is 25.6. The number of rotatable bonds is 1. The number of halogens is 2. The van der Waals surface area contributed by atoms with E-state index in [9.17, 15) is 13.9 Å². The van der Waals surface area contributed by atoms with Crippen LogP contribution in [0.15, 0.2) is 18.2 Å². The standard InChI is InChI=1S/C9H7F2NOS/c10-9(11)4-1-2-6-5(8(4)12)3-7(13)14-6/h1-3,9,13H,12H2. The van der Waals surface area contributed by atoms with Crippen LogP contribution in [-0.4, -0.2) is 5.11 Å². The molecule has 1 aromatic carbocycles. The van der Waals surface area contributed by atoms with Crippen LogP contribution in [0.4, 0.5) is 14.5 Å². The molecule has 0 aliphatic heterocycles. The predicted octanol–water partition coefficient (Wildman–Crippen LogP) is 3.13. The van der Waals surface area contributed by atoms with E-state index >= 15 is 0 Å². The van der Waals surface area contributed by atoms with Gasteiger partial charge in [-0.3, -0.25) is 0 Å². The molecule has 0 unspecified atom stereocenters. The van der Waals surface area contributed by atoms with Gasteiger partial charge in [-0.05, 0) is 12.1 Å². The fourth-order valence-corrected chi connectivity index (χ4v) is 2.14. The van der Waals surface area contributed by atoms with Gasteiger partial charge in [0.1, 0.15) is 0 Å². The van der Waals surface area contributed by atoms with E-state index in [0.29, 0.717) is 10.1 Å². The van der Waals surface area contributed by atoms with Crippen LogP contribution in [0, 0.1) is 0 Å². The molecular formula is C9H7F2NOS. The number of thiophene rings is 1. The number of hydrogen-bond donors (Lipinski definition) is 2. The van der Waals surface area contributed by atoms with Gasteiger partial charge < -0.3 is 10.8 Å². The maximum Gasteiger partial charge on any atom is 0.265 e. The fraction of sp³-hybridized carbons (Fsp3) is 0.111. The Balaban J connectivity index is 2.74. The van der Waals surface area contributed by atoms with E-state index in [1.165, 1.54) is 18.2 Å². The van der Waals surface area contributed by atoms with Gasteiger partial charge in [-0.15, -0.1) is 0 Å². The van der Waals surface area contributed by atoms with Gasteiger partial charge in [0.15, 0.2) is 5.06 Å². The second-order valence-corrected chi connectivity index (χ2v) is 3.93. The Kier molecular flexibility index (Phi) is 2.03. The molecule has 2 nitrogen and oxygen atoms in total. The summed E-state index contributed by atoms with van der Waals surface area (Å²) >= 11 is 1.12. The Hall–Kier alpha value is -1.36. The molecule has 0 saturated heterocycles. The number of nitrogens with two attached hydrogens (primary N) is 1. The number of benzene rings is 1. The molecule has 2 rings (SSSR count). The second-order valence-electron chi connectivity index (χ2n) is 2.87. The van der Waals surface area contributed by atoms with Crippen LogP contribution < -0.4 is 5.73 Å². The maximum absolute atomic E-state index is 12.4. The molecule has 1 heterocycles. The molecule has 1 aromatic heterocycles. The van der Waals surface area contributed by atoms with Crippen LogP contribution in [0.25, 0.3) is 10.1 Å². The second kappa shape index (κ2) is 3.09. The van der Waals surface area contributed by atoms with Crippen molar-refractivity contribution in [2.75, 3.05) is 5.73 Å². The zero-order chi connectivity index (χ0) is 10.3. The monoisotopic (exact) mass is 215 g/mol. The average Bonchev–Trinajstić information content (AvgIpc) is 2.46. The van der Waals surface area contributed by atoms with E-state index in [0.717, 1.165) is 11.3 Å². The molecule has 0 saturated carbocycles. The molecule has 0 fully saturated rings. The third-order valence-electron chi connectivity index (χ3n) is 2.00. The van der Waals surface area contributed by atoms with E-state index in [1.807, 2.05) is 0 Å². The molecule has 0 spiro atoms. The largest absolute Gasteiger partial charge is 0.499 e. The van der Waals surface area contributed by atoms with Crippen molar-refractivity contribution in [2.24, 2.45) is 0 Å². The molecule has 5 heteroatoms. The SMILES string of the molecule is Nc1c(C(F)F)ccc2sc(O)cc12. The van der Waals surface area contributed by atoms with Gasteiger partial charge in [0.25, 0.3) is 6.43 Å². The van der Waals surface area contributed by atoms with E-state index in [2.05, 4.69) is 0 Å². The number of anilines is 1. The number of alkyl halides is 2. The third kappa shape index (κ3) is 1.29. The lowest BCUT2D eigenvalue weighted by molar-refractivity contribution is 0.152. The highest BCUT2D eigenvalue weighted by Gasteiger charge is 2.14. The molecular weight excluding hydrogens is 208 g/mol. The first kappa shape index (κ1) is 9.21. The Bertz CT molecular complexity index is 481. The van der Waals surface area contributed by atoms with Crippen LogP contribution >= 0.6 is 11.3 Å². The van der Waals surface area contributed by atoms with Gasteiger partial charge in [0.05, 0.1) is 0 Å². The molecule has 0 radical (unpaired) electrons. The topological polar surface area (TPSA) is 46.2 Å².